The van der Waals surface area contributed by atoms with Crippen LogP contribution in [0.25, 0.3) is 0 Å². The molecule has 3 N–H and O–H groups in total. The number of amides is 2. The molecule has 0 aromatic carbocycles. The Labute approximate surface area is 102 Å². The molecule has 0 aliphatic rings. The lowest BCUT2D eigenvalue weighted by atomic mass is 10.2. The lowest BCUT2D eigenvalue weighted by Crippen LogP contribution is -2.38. The third kappa shape index (κ3) is 11.0. The predicted octanol–water partition coefficient (Wildman–Crippen LogP) is 0.492. The Hall–Kier alpha value is -1.30. The van der Waals surface area contributed by atoms with Crippen LogP contribution in [0.5, 0.6) is 0 Å². The number of unbranched alkanes of at least 4 members (excludes halogenated alkanes) is 2. The van der Waals surface area contributed by atoms with Crippen molar-refractivity contribution in [3.63, 3.8) is 0 Å². The van der Waals surface area contributed by atoms with Crippen LogP contribution in [-0.2, 0) is 4.79 Å². The summed E-state index contributed by atoms with van der Waals surface area (Å²) in [6, 6.07) is -0.0896. The molecular formula is C11H23N3O3. The Morgan fingerprint density at radius 2 is 1.76 bits per heavy atom. The molecule has 0 radical (unpaired) electrons. The van der Waals surface area contributed by atoms with E-state index in [0.29, 0.717) is 6.54 Å². The maximum absolute atomic E-state index is 11.1. The lowest BCUT2D eigenvalue weighted by molar-refractivity contribution is -0.137. The Morgan fingerprint density at radius 1 is 1.06 bits per heavy atom. The zero-order chi connectivity index (χ0) is 13.1. The maximum atomic E-state index is 11.1. The molecule has 17 heavy (non-hydrogen) atoms. The van der Waals surface area contributed by atoms with E-state index in [1.165, 1.54) is 4.90 Å². The maximum Gasteiger partial charge on any atom is 0.316 e. The third-order valence-corrected chi connectivity index (χ3v) is 2.23. The molecule has 0 atom stereocenters. The minimum absolute atomic E-state index is 0.0896. The van der Waals surface area contributed by atoms with Gasteiger partial charge >= 0.3 is 12.0 Å². The molecule has 0 aliphatic carbocycles. The highest BCUT2D eigenvalue weighted by atomic mass is 16.4. The van der Waals surface area contributed by atoms with Crippen molar-refractivity contribution in [2.45, 2.75) is 25.7 Å². The Bertz CT molecular complexity index is 232. The van der Waals surface area contributed by atoms with Gasteiger partial charge in [-0.15, -0.1) is 0 Å². The summed E-state index contributed by atoms with van der Waals surface area (Å²) in [5.41, 5.74) is 0. The second-order valence-corrected chi connectivity index (χ2v) is 4.08. The summed E-state index contributed by atoms with van der Waals surface area (Å²) in [4.78, 5) is 22.8. The fourth-order valence-electron chi connectivity index (χ4n) is 1.24. The molecule has 0 unspecified atom stereocenters. The molecule has 0 aromatic rings. The number of nitrogens with zero attached hydrogens (tertiary/aromatic N) is 1. The van der Waals surface area contributed by atoms with E-state index in [2.05, 4.69) is 10.6 Å². The van der Waals surface area contributed by atoms with Gasteiger partial charge in [-0.1, -0.05) is 6.42 Å². The van der Waals surface area contributed by atoms with Gasteiger partial charge in [-0.25, -0.2) is 4.79 Å². The van der Waals surface area contributed by atoms with Gasteiger partial charge in [0.2, 0.25) is 0 Å². The average Bonchev–Trinajstić information content (AvgIpc) is 2.25. The van der Waals surface area contributed by atoms with E-state index in [-0.39, 0.29) is 12.5 Å². The Balaban J connectivity index is 3.14. The molecule has 0 bridgehead atoms. The van der Waals surface area contributed by atoms with Gasteiger partial charge in [0.15, 0.2) is 0 Å². The Morgan fingerprint density at radius 3 is 2.35 bits per heavy atom. The van der Waals surface area contributed by atoms with Crippen molar-refractivity contribution in [1.29, 1.82) is 0 Å². The van der Waals surface area contributed by atoms with Crippen molar-refractivity contribution >= 4 is 12.0 Å². The van der Waals surface area contributed by atoms with Crippen LogP contribution in [-0.4, -0.2) is 55.7 Å². The van der Waals surface area contributed by atoms with Crippen LogP contribution >= 0.6 is 0 Å². The number of carbonyl (C=O) groups excluding carboxylic acids is 1. The standard InChI is InChI=1S/C11H23N3O3/c1-14(2)11(17)13-9-8-12-7-5-3-4-6-10(15)16/h12H,3-9H2,1-2H3,(H,13,17)(H,15,16). The minimum Gasteiger partial charge on any atom is -0.481 e. The zero-order valence-electron chi connectivity index (χ0n) is 10.7. The molecule has 2 amide bonds. The van der Waals surface area contributed by atoms with Crippen LogP contribution in [0.2, 0.25) is 0 Å². The minimum atomic E-state index is -0.732. The summed E-state index contributed by atoms with van der Waals surface area (Å²) in [6.07, 6.45) is 2.87. The van der Waals surface area contributed by atoms with Crippen molar-refractivity contribution in [2.24, 2.45) is 0 Å². The van der Waals surface area contributed by atoms with Crippen molar-refractivity contribution < 1.29 is 14.7 Å². The van der Waals surface area contributed by atoms with Crippen molar-refractivity contribution in [3.05, 3.63) is 0 Å². The Kier molecular flexibility index (Phi) is 9.14. The molecular weight excluding hydrogens is 222 g/mol. The summed E-state index contributed by atoms with van der Waals surface area (Å²) in [5, 5.41) is 14.4. The highest BCUT2D eigenvalue weighted by molar-refractivity contribution is 5.73. The fourth-order valence-corrected chi connectivity index (χ4v) is 1.24. The van der Waals surface area contributed by atoms with Crippen LogP contribution in [0, 0.1) is 0 Å². The lowest BCUT2D eigenvalue weighted by Gasteiger charge is -2.12. The molecule has 0 spiro atoms. The van der Waals surface area contributed by atoms with E-state index < -0.39 is 5.97 Å². The third-order valence-electron chi connectivity index (χ3n) is 2.23. The van der Waals surface area contributed by atoms with E-state index in [1.807, 2.05) is 0 Å². The predicted molar refractivity (Wildman–Crippen MR) is 66.1 cm³/mol. The molecule has 0 saturated heterocycles. The van der Waals surface area contributed by atoms with Gasteiger partial charge in [-0.3, -0.25) is 4.79 Å². The van der Waals surface area contributed by atoms with E-state index >= 15 is 0 Å². The van der Waals surface area contributed by atoms with Crippen LogP contribution in [0.4, 0.5) is 4.79 Å². The van der Waals surface area contributed by atoms with Crippen LogP contribution < -0.4 is 10.6 Å². The van der Waals surface area contributed by atoms with E-state index in [0.717, 1.165) is 32.4 Å². The molecule has 0 fully saturated rings. The fraction of sp³-hybridized carbons (Fsp3) is 0.818. The van der Waals surface area contributed by atoms with E-state index in [4.69, 9.17) is 5.11 Å². The number of carbonyl (C=O) groups is 2. The summed E-state index contributed by atoms with van der Waals surface area (Å²) in [6.45, 7) is 2.20. The number of rotatable bonds is 9. The SMILES string of the molecule is CN(C)C(=O)NCCNCCCCCC(=O)O. The first kappa shape index (κ1) is 15.7. The number of hydrogen-bond donors (Lipinski definition) is 3. The highest BCUT2D eigenvalue weighted by Crippen LogP contribution is 1.98. The normalized spacial score (nSPS) is 10.0. The van der Waals surface area contributed by atoms with Gasteiger partial charge in [0.05, 0.1) is 0 Å². The van der Waals surface area contributed by atoms with Gasteiger partial charge in [0.25, 0.3) is 0 Å². The topological polar surface area (TPSA) is 81.7 Å². The molecule has 0 heterocycles. The molecule has 0 aromatic heterocycles. The van der Waals surface area contributed by atoms with Gasteiger partial charge in [-0.2, -0.15) is 0 Å². The largest absolute Gasteiger partial charge is 0.481 e. The monoisotopic (exact) mass is 245 g/mol. The number of nitrogens with one attached hydrogen (secondary N) is 2. The highest BCUT2D eigenvalue weighted by Gasteiger charge is 2.00. The average molecular weight is 245 g/mol. The molecule has 0 saturated carbocycles. The van der Waals surface area contributed by atoms with Gasteiger partial charge in [-0.05, 0) is 19.4 Å². The van der Waals surface area contributed by atoms with Crippen molar-refractivity contribution in [3.8, 4) is 0 Å². The van der Waals surface area contributed by atoms with Crippen molar-refractivity contribution in [1.82, 2.24) is 15.5 Å². The zero-order valence-corrected chi connectivity index (χ0v) is 10.7. The molecule has 6 nitrogen and oxygen atoms in total. The smallest absolute Gasteiger partial charge is 0.316 e. The first-order valence-corrected chi connectivity index (χ1v) is 5.91. The second-order valence-electron chi connectivity index (χ2n) is 4.08. The summed E-state index contributed by atoms with van der Waals surface area (Å²) in [7, 11) is 3.40. The van der Waals surface area contributed by atoms with Gasteiger partial charge < -0.3 is 20.6 Å². The first-order chi connectivity index (χ1) is 8.04. The molecule has 0 rings (SSSR count). The van der Waals surface area contributed by atoms with Crippen LogP contribution in [0.3, 0.4) is 0 Å². The van der Waals surface area contributed by atoms with Crippen LogP contribution in [0.15, 0.2) is 0 Å². The first-order valence-electron chi connectivity index (χ1n) is 5.91. The number of urea groups is 1. The van der Waals surface area contributed by atoms with Crippen molar-refractivity contribution in [2.75, 3.05) is 33.7 Å². The summed E-state index contributed by atoms with van der Waals surface area (Å²) in [5.74, 6) is -0.732. The second kappa shape index (κ2) is 9.89. The number of carboxylic acids is 1. The molecule has 100 valence electrons. The van der Waals surface area contributed by atoms with Gasteiger partial charge in [0, 0.05) is 33.6 Å². The number of hydrogen-bond acceptors (Lipinski definition) is 3. The van der Waals surface area contributed by atoms with Gasteiger partial charge in [0.1, 0.15) is 0 Å². The number of carboxylic acid groups (broad SMARTS) is 1. The summed E-state index contributed by atoms with van der Waals surface area (Å²) >= 11 is 0. The number of aliphatic carboxylic acids is 1. The molecule has 6 heteroatoms. The quantitative estimate of drug-likeness (QED) is 0.516. The van der Waals surface area contributed by atoms with E-state index in [9.17, 15) is 9.59 Å². The van der Waals surface area contributed by atoms with E-state index in [1.54, 1.807) is 14.1 Å². The van der Waals surface area contributed by atoms with Crippen LogP contribution in [0.1, 0.15) is 25.7 Å². The molecule has 0 aliphatic heterocycles. The summed E-state index contributed by atoms with van der Waals surface area (Å²) < 4.78 is 0.